The molecule has 16 heavy (non-hydrogen) atoms. The number of amides is 1. The number of dihydropyridines is 1. The Bertz CT molecular complexity index is 409. The van der Waals surface area contributed by atoms with E-state index in [0.29, 0.717) is 13.2 Å². The summed E-state index contributed by atoms with van der Waals surface area (Å²) in [6, 6.07) is 9.89. The third-order valence-electron chi connectivity index (χ3n) is 2.36. The molecule has 0 saturated heterocycles. The van der Waals surface area contributed by atoms with Gasteiger partial charge in [-0.3, -0.25) is 4.79 Å². The SMILES string of the molecule is O=C1N=CC=CC1COCc1ccccc1. The van der Waals surface area contributed by atoms with Crippen LogP contribution in [0.25, 0.3) is 0 Å². The van der Waals surface area contributed by atoms with Crippen LogP contribution in [-0.4, -0.2) is 18.7 Å². The first-order valence-electron chi connectivity index (χ1n) is 5.22. The fraction of sp³-hybridized carbons (Fsp3) is 0.231. The Kier molecular flexibility index (Phi) is 3.62. The van der Waals surface area contributed by atoms with Gasteiger partial charge < -0.3 is 4.74 Å². The van der Waals surface area contributed by atoms with Crippen molar-refractivity contribution in [1.82, 2.24) is 0 Å². The van der Waals surface area contributed by atoms with Crippen LogP contribution in [0.2, 0.25) is 0 Å². The lowest BCUT2D eigenvalue weighted by atomic mass is 10.1. The van der Waals surface area contributed by atoms with Crippen LogP contribution in [-0.2, 0) is 16.1 Å². The lowest BCUT2D eigenvalue weighted by molar-refractivity contribution is -0.122. The highest BCUT2D eigenvalue weighted by Crippen LogP contribution is 2.08. The fourth-order valence-corrected chi connectivity index (χ4v) is 1.48. The van der Waals surface area contributed by atoms with Gasteiger partial charge in [0.05, 0.1) is 19.1 Å². The molecule has 1 heterocycles. The van der Waals surface area contributed by atoms with Crippen molar-refractivity contribution in [1.29, 1.82) is 0 Å². The Labute approximate surface area is 94.5 Å². The van der Waals surface area contributed by atoms with Crippen LogP contribution in [0.5, 0.6) is 0 Å². The molecule has 1 aliphatic rings. The molecule has 82 valence electrons. The maximum absolute atomic E-state index is 11.3. The van der Waals surface area contributed by atoms with Gasteiger partial charge in [-0.15, -0.1) is 0 Å². The first-order chi connectivity index (χ1) is 7.86. The van der Waals surface area contributed by atoms with Gasteiger partial charge in [0, 0.05) is 6.21 Å². The summed E-state index contributed by atoms with van der Waals surface area (Å²) in [5, 5.41) is 0. The summed E-state index contributed by atoms with van der Waals surface area (Å²) in [5.74, 6) is -0.357. The summed E-state index contributed by atoms with van der Waals surface area (Å²) in [7, 11) is 0. The summed E-state index contributed by atoms with van der Waals surface area (Å²) in [6.45, 7) is 0.920. The Morgan fingerprint density at radius 2 is 2.06 bits per heavy atom. The second-order valence-electron chi connectivity index (χ2n) is 3.61. The first kappa shape index (κ1) is 10.8. The van der Waals surface area contributed by atoms with Crippen LogP contribution in [0.4, 0.5) is 0 Å². The highest BCUT2D eigenvalue weighted by molar-refractivity contribution is 5.94. The average molecular weight is 215 g/mol. The number of allylic oxidation sites excluding steroid dienone is 1. The largest absolute Gasteiger partial charge is 0.376 e. The van der Waals surface area contributed by atoms with Crippen molar-refractivity contribution in [3.63, 3.8) is 0 Å². The minimum Gasteiger partial charge on any atom is -0.376 e. The summed E-state index contributed by atoms with van der Waals surface area (Å²) in [5.41, 5.74) is 1.11. The molecule has 0 spiro atoms. The zero-order valence-corrected chi connectivity index (χ0v) is 8.87. The van der Waals surface area contributed by atoms with E-state index in [0.717, 1.165) is 5.56 Å². The molecule has 1 amide bonds. The molecule has 0 fully saturated rings. The molecule has 0 N–H and O–H groups in total. The van der Waals surface area contributed by atoms with Gasteiger partial charge in [0.15, 0.2) is 0 Å². The number of carbonyl (C=O) groups is 1. The van der Waals surface area contributed by atoms with Gasteiger partial charge >= 0.3 is 0 Å². The van der Waals surface area contributed by atoms with Crippen LogP contribution in [0.15, 0.2) is 47.5 Å². The third kappa shape index (κ3) is 2.87. The maximum Gasteiger partial charge on any atom is 0.254 e. The summed E-state index contributed by atoms with van der Waals surface area (Å²) >= 11 is 0. The minimum atomic E-state index is -0.228. The van der Waals surface area contributed by atoms with Gasteiger partial charge in [-0.2, -0.15) is 0 Å². The molecule has 0 radical (unpaired) electrons. The van der Waals surface area contributed by atoms with Gasteiger partial charge in [-0.05, 0) is 11.6 Å². The van der Waals surface area contributed by atoms with E-state index in [9.17, 15) is 4.79 Å². The number of nitrogens with zero attached hydrogens (tertiary/aromatic N) is 1. The third-order valence-corrected chi connectivity index (χ3v) is 2.36. The van der Waals surface area contributed by atoms with Gasteiger partial charge in [-0.1, -0.05) is 36.4 Å². The second-order valence-corrected chi connectivity index (χ2v) is 3.61. The topological polar surface area (TPSA) is 38.7 Å². The zero-order valence-electron chi connectivity index (χ0n) is 8.87. The van der Waals surface area contributed by atoms with Gasteiger partial charge in [-0.25, -0.2) is 4.99 Å². The van der Waals surface area contributed by atoms with E-state index in [-0.39, 0.29) is 11.8 Å². The van der Waals surface area contributed by atoms with Gasteiger partial charge in [0.1, 0.15) is 0 Å². The molecule has 1 unspecified atom stereocenters. The molecule has 1 aliphatic heterocycles. The Balaban J connectivity index is 1.78. The van der Waals surface area contributed by atoms with Crippen LogP contribution in [0.3, 0.4) is 0 Å². The van der Waals surface area contributed by atoms with E-state index >= 15 is 0 Å². The normalized spacial score (nSPS) is 19.0. The molecule has 3 nitrogen and oxygen atoms in total. The molecule has 0 bridgehead atoms. The minimum absolute atomic E-state index is 0.129. The quantitative estimate of drug-likeness (QED) is 0.770. The molecule has 0 aliphatic carbocycles. The van der Waals surface area contributed by atoms with E-state index in [4.69, 9.17) is 4.74 Å². The molecule has 1 aromatic rings. The number of rotatable bonds is 4. The highest BCUT2D eigenvalue weighted by Gasteiger charge is 2.15. The first-order valence-corrected chi connectivity index (χ1v) is 5.22. The fourth-order valence-electron chi connectivity index (χ4n) is 1.48. The Hall–Kier alpha value is -1.74. The van der Waals surface area contributed by atoms with Crippen molar-refractivity contribution in [2.45, 2.75) is 6.61 Å². The standard InChI is InChI=1S/C13H13NO2/c15-13-12(7-4-8-14-13)10-16-9-11-5-2-1-3-6-11/h1-8,12H,9-10H2. The molecule has 1 atom stereocenters. The van der Waals surface area contributed by atoms with Crippen molar-refractivity contribution in [3.8, 4) is 0 Å². The lowest BCUT2D eigenvalue weighted by Crippen LogP contribution is -2.18. The summed E-state index contributed by atoms with van der Waals surface area (Å²) < 4.78 is 5.48. The summed E-state index contributed by atoms with van der Waals surface area (Å²) in [6.07, 6.45) is 5.11. The van der Waals surface area contributed by atoms with Crippen molar-refractivity contribution >= 4 is 12.1 Å². The van der Waals surface area contributed by atoms with E-state index in [1.54, 1.807) is 6.08 Å². The summed E-state index contributed by atoms with van der Waals surface area (Å²) in [4.78, 5) is 15.0. The zero-order chi connectivity index (χ0) is 11.2. The second kappa shape index (κ2) is 5.37. The van der Waals surface area contributed by atoms with Gasteiger partial charge in [0.25, 0.3) is 5.91 Å². The number of aliphatic imine (C=N–C) groups is 1. The predicted octanol–water partition coefficient (Wildman–Crippen LogP) is 1.99. The number of hydrogen-bond acceptors (Lipinski definition) is 2. The van der Waals surface area contributed by atoms with Crippen LogP contribution in [0, 0.1) is 5.92 Å². The molecule has 0 aromatic heterocycles. The van der Waals surface area contributed by atoms with Crippen LogP contribution < -0.4 is 0 Å². The number of ether oxygens (including phenoxy) is 1. The Morgan fingerprint density at radius 3 is 2.81 bits per heavy atom. The molecular formula is C13H13NO2. The van der Waals surface area contributed by atoms with Crippen LogP contribution in [0.1, 0.15) is 5.56 Å². The highest BCUT2D eigenvalue weighted by atomic mass is 16.5. The molecule has 2 rings (SSSR count). The van der Waals surface area contributed by atoms with Crippen molar-refractivity contribution in [3.05, 3.63) is 48.0 Å². The predicted molar refractivity (Wildman–Crippen MR) is 62.2 cm³/mol. The average Bonchev–Trinajstić information content (AvgIpc) is 2.33. The van der Waals surface area contributed by atoms with Gasteiger partial charge in [0.2, 0.25) is 0 Å². The van der Waals surface area contributed by atoms with E-state index < -0.39 is 0 Å². The van der Waals surface area contributed by atoms with E-state index in [1.165, 1.54) is 6.21 Å². The number of hydrogen-bond donors (Lipinski definition) is 0. The maximum atomic E-state index is 11.3. The van der Waals surface area contributed by atoms with Crippen LogP contribution >= 0.6 is 0 Å². The van der Waals surface area contributed by atoms with Crippen molar-refractivity contribution < 1.29 is 9.53 Å². The number of benzene rings is 1. The van der Waals surface area contributed by atoms with Crippen molar-refractivity contribution in [2.75, 3.05) is 6.61 Å². The van der Waals surface area contributed by atoms with E-state index in [1.807, 2.05) is 36.4 Å². The Morgan fingerprint density at radius 1 is 1.25 bits per heavy atom. The van der Waals surface area contributed by atoms with E-state index in [2.05, 4.69) is 4.99 Å². The monoisotopic (exact) mass is 215 g/mol. The lowest BCUT2D eigenvalue weighted by Gasteiger charge is -2.11. The molecule has 1 aromatic carbocycles. The van der Waals surface area contributed by atoms with Crippen molar-refractivity contribution in [2.24, 2.45) is 10.9 Å². The number of carbonyl (C=O) groups excluding carboxylic acids is 1. The molecular weight excluding hydrogens is 202 g/mol. The molecule has 0 saturated carbocycles. The smallest absolute Gasteiger partial charge is 0.254 e. The molecule has 3 heteroatoms.